The van der Waals surface area contributed by atoms with Crippen molar-refractivity contribution in [1.29, 1.82) is 0 Å². The quantitative estimate of drug-likeness (QED) is 0.749. The zero-order valence-electron chi connectivity index (χ0n) is 14.2. The van der Waals surface area contributed by atoms with Crippen molar-refractivity contribution in [3.8, 4) is 5.75 Å². The van der Waals surface area contributed by atoms with Gasteiger partial charge >= 0.3 is 0 Å². The molecule has 0 bridgehead atoms. The maximum atomic E-state index is 11.7. The summed E-state index contributed by atoms with van der Waals surface area (Å²) in [6.07, 6.45) is 0.933. The van der Waals surface area contributed by atoms with Crippen LogP contribution >= 0.6 is 15.9 Å². The number of rotatable bonds is 7. The van der Waals surface area contributed by atoms with Gasteiger partial charge in [-0.1, -0.05) is 26.8 Å². The third-order valence-corrected chi connectivity index (χ3v) is 3.88. The molecule has 0 fully saturated rings. The summed E-state index contributed by atoms with van der Waals surface area (Å²) in [5.74, 6) is 0.599. The van der Waals surface area contributed by atoms with E-state index in [4.69, 9.17) is 4.74 Å². The fourth-order valence-electron chi connectivity index (χ4n) is 1.90. The van der Waals surface area contributed by atoms with Crippen LogP contribution in [0.25, 0.3) is 0 Å². The van der Waals surface area contributed by atoms with Crippen LogP contribution in [0, 0.1) is 0 Å². The van der Waals surface area contributed by atoms with Crippen LogP contribution in [0.4, 0.5) is 0 Å². The summed E-state index contributed by atoms with van der Waals surface area (Å²) in [7, 11) is 4.04. The molecule has 0 aliphatic heterocycles. The van der Waals surface area contributed by atoms with Gasteiger partial charge in [0.15, 0.2) is 6.61 Å². The van der Waals surface area contributed by atoms with Crippen molar-refractivity contribution in [2.24, 2.45) is 0 Å². The van der Waals surface area contributed by atoms with Gasteiger partial charge in [-0.2, -0.15) is 0 Å². The first-order chi connectivity index (χ1) is 10.2. The summed E-state index contributed by atoms with van der Waals surface area (Å²) >= 11 is 3.51. The first kappa shape index (κ1) is 19.0. The lowest BCUT2D eigenvalue weighted by Gasteiger charge is -2.20. The number of carbonyl (C=O) groups excluding carboxylic acids is 1. The summed E-state index contributed by atoms with van der Waals surface area (Å²) in [5, 5.41) is 2.86. The molecule has 22 heavy (non-hydrogen) atoms. The average Bonchev–Trinajstić information content (AvgIpc) is 2.41. The minimum atomic E-state index is -0.0921. The first-order valence-corrected chi connectivity index (χ1v) is 8.33. The van der Waals surface area contributed by atoms with E-state index in [1.807, 2.05) is 32.3 Å². The van der Waals surface area contributed by atoms with Gasteiger partial charge in [0.05, 0.1) is 4.47 Å². The maximum absolute atomic E-state index is 11.7. The van der Waals surface area contributed by atoms with Crippen molar-refractivity contribution >= 4 is 21.8 Å². The van der Waals surface area contributed by atoms with Gasteiger partial charge in [0.1, 0.15) is 5.75 Å². The Morgan fingerprint density at radius 3 is 2.55 bits per heavy atom. The molecule has 1 N–H and O–H groups in total. The van der Waals surface area contributed by atoms with Gasteiger partial charge in [0.2, 0.25) is 0 Å². The zero-order valence-corrected chi connectivity index (χ0v) is 15.8. The van der Waals surface area contributed by atoms with Gasteiger partial charge in [-0.25, -0.2) is 0 Å². The lowest BCUT2D eigenvalue weighted by Crippen LogP contribution is -2.31. The molecule has 0 aromatic heterocycles. The lowest BCUT2D eigenvalue weighted by molar-refractivity contribution is -0.123. The number of halogens is 1. The van der Waals surface area contributed by atoms with E-state index in [0.29, 0.717) is 12.3 Å². The molecule has 0 atom stereocenters. The largest absolute Gasteiger partial charge is 0.483 e. The highest BCUT2D eigenvalue weighted by atomic mass is 79.9. The molecule has 0 saturated carbocycles. The normalized spacial score (nSPS) is 11.6. The average molecular weight is 371 g/mol. The molecule has 0 aliphatic rings. The van der Waals surface area contributed by atoms with E-state index in [2.05, 4.69) is 46.9 Å². The van der Waals surface area contributed by atoms with Crippen molar-refractivity contribution < 1.29 is 9.53 Å². The van der Waals surface area contributed by atoms with Crippen LogP contribution in [-0.4, -0.2) is 44.6 Å². The van der Waals surface area contributed by atoms with Gasteiger partial charge < -0.3 is 15.0 Å². The molecule has 0 aliphatic carbocycles. The molecule has 0 spiro atoms. The van der Waals surface area contributed by atoms with Crippen molar-refractivity contribution in [3.05, 3.63) is 28.2 Å². The lowest BCUT2D eigenvalue weighted by atomic mass is 9.87. The second-order valence-corrected chi connectivity index (χ2v) is 7.54. The third-order valence-electron chi connectivity index (χ3n) is 3.26. The van der Waals surface area contributed by atoms with Crippen LogP contribution in [-0.2, 0) is 10.2 Å². The van der Waals surface area contributed by atoms with Crippen LogP contribution in [0.2, 0.25) is 0 Å². The zero-order chi connectivity index (χ0) is 16.8. The van der Waals surface area contributed by atoms with Gasteiger partial charge in [-0.3, -0.25) is 4.79 Å². The predicted molar refractivity (Wildman–Crippen MR) is 94.5 cm³/mol. The number of carbonyl (C=O) groups is 1. The van der Waals surface area contributed by atoms with Crippen LogP contribution in [0.15, 0.2) is 22.7 Å². The molecule has 1 aromatic carbocycles. The number of hydrogen-bond donors (Lipinski definition) is 1. The highest BCUT2D eigenvalue weighted by molar-refractivity contribution is 9.10. The van der Waals surface area contributed by atoms with Crippen LogP contribution in [0.5, 0.6) is 5.75 Å². The number of benzene rings is 1. The Labute approximate surface area is 142 Å². The number of ether oxygens (including phenoxy) is 1. The van der Waals surface area contributed by atoms with Gasteiger partial charge in [-0.15, -0.1) is 0 Å². The van der Waals surface area contributed by atoms with Gasteiger partial charge in [0, 0.05) is 6.54 Å². The van der Waals surface area contributed by atoms with E-state index in [1.54, 1.807) is 0 Å². The summed E-state index contributed by atoms with van der Waals surface area (Å²) in [4.78, 5) is 13.8. The van der Waals surface area contributed by atoms with E-state index in [1.165, 1.54) is 5.56 Å². The number of hydrogen-bond acceptors (Lipinski definition) is 3. The molecule has 4 nitrogen and oxygen atoms in total. The highest BCUT2D eigenvalue weighted by Gasteiger charge is 2.15. The molecule has 1 aromatic rings. The Bertz CT molecular complexity index is 496. The summed E-state index contributed by atoms with van der Waals surface area (Å²) in [6, 6.07) is 5.99. The second kappa shape index (κ2) is 8.53. The van der Waals surface area contributed by atoms with Crippen molar-refractivity contribution in [1.82, 2.24) is 10.2 Å². The number of amides is 1. The second-order valence-electron chi connectivity index (χ2n) is 6.69. The van der Waals surface area contributed by atoms with Crippen LogP contribution < -0.4 is 10.1 Å². The van der Waals surface area contributed by atoms with Gasteiger partial charge in [-0.05, 0) is 66.1 Å². The molecule has 0 radical (unpaired) electrons. The van der Waals surface area contributed by atoms with E-state index in [-0.39, 0.29) is 17.9 Å². The molecule has 0 unspecified atom stereocenters. The van der Waals surface area contributed by atoms with E-state index in [9.17, 15) is 4.79 Å². The van der Waals surface area contributed by atoms with E-state index >= 15 is 0 Å². The number of nitrogens with zero attached hydrogens (tertiary/aromatic N) is 1. The SMILES string of the molecule is CN(C)CCCNC(=O)COc1ccc(C(C)(C)C)cc1Br. The topological polar surface area (TPSA) is 41.6 Å². The minimum absolute atomic E-state index is 0.0371. The monoisotopic (exact) mass is 370 g/mol. The maximum Gasteiger partial charge on any atom is 0.257 e. The Hall–Kier alpha value is -1.07. The molecular formula is C17H27BrN2O2. The van der Waals surface area contributed by atoms with Crippen molar-refractivity contribution in [3.63, 3.8) is 0 Å². The Morgan fingerprint density at radius 2 is 2.00 bits per heavy atom. The fraction of sp³-hybridized carbons (Fsp3) is 0.588. The molecule has 1 amide bonds. The van der Waals surface area contributed by atoms with Gasteiger partial charge in [0.25, 0.3) is 5.91 Å². The van der Waals surface area contributed by atoms with Crippen LogP contribution in [0.1, 0.15) is 32.8 Å². The summed E-state index contributed by atoms with van der Waals surface area (Å²) in [5.41, 5.74) is 1.31. The molecule has 124 valence electrons. The van der Waals surface area contributed by atoms with E-state index < -0.39 is 0 Å². The molecule has 0 heterocycles. The Morgan fingerprint density at radius 1 is 1.32 bits per heavy atom. The smallest absolute Gasteiger partial charge is 0.257 e. The first-order valence-electron chi connectivity index (χ1n) is 7.54. The summed E-state index contributed by atoms with van der Waals surface area (Å²) < 4.78 is 6.45. The third kappa shape index (κ3) is 6.79. The Kier molecular flexibility index (Phi) is 7.36. The highest BCUT2D eigenvalue weighted by Crippen LogP contribution is 2.31. The molecular weight excluding hydrogens is 344 g/mol. The molecule has 1 rings (SSSR count). The standard InChI is InChI=1S/C17H27BrN2O2/c1-17(2,3)13-7-8-15(14(18)11-13)22-12-16(21)19-9-6-10-20(4)5/h7-8,11H,6,9-10,12H2,1-5H3,(H,19,21). The van der Waals surface area contributed by atoms with Crippen molar-refractivity contribution in [2.75, 3.05) is 33.8 Å². The predicted octanol–water partition coefficient (Wildman–Crippen LogP) is 3.19. The van der Waals surface area contributed by atoms with Crippen LogP contribution in [0.3, 0.4) is 0 Å². The van der Waals surface area contributed by atoms with E-state index in [0.717, 1.165) is 17.4 Å². The molecule has 0 saturated heterocycles. The molecule has 5 heteroatoms. The Balaban J connectivity index is 2.43. The van der Waals surface area contributed by atoms with Crippen molar-refractivity contribution in [2.45, 2.75) is 32.6 Å². The summed E-state index contributed by atoms with van der Waals surface area (Å²) in [6.45, 7) is 8.16. The fourth-order valence-corrected chi connectivity index (χ4v) is 2.40. The minimum Gasteiger partial charge on any atom is -0.483 e. The number of nitrogens with one attached hydrogen (secondary N) is 1.